The highest BCUT2D eigenvalue weighted by Crippen LogP contribution is 2.36. The molecule has 0 spiro atoms. The number of rotatable bonds is 2. The zero-order valence-electron chi connectivity index (χ0n) is 12.1. The van der Waals surface area contributed by atoms with Gasteiger partial charge >= 0.3 is 0 Å². The Hall–Kier alpha value is -0.900. The molecular formula is C15H24N2O. The van der Waals surface area contributed by atoms with Crippen LogP contribution in [-0.2, 0) is 15.7 Å². The van der Waals surface area contributed by atoms with Gasteiger partial charge < -0.3 is 4.74 Å². The number of nitrogens with two attached hydrogens (primary N) is 1. The minimum absolute atomic E-state index is 0.174. The van der Waals surface area contributed by atoms with Crippen molar-refractivity contribution in [1.82, 2.24) is 5.43 Å². The minimum atomic E-state index is -0.190. The van der Waals surface area contributed by atoms with Crippen LogP contribution >= 0.6 is 0 Å². The van der Waals surface area contributed by atoms with Crippen molar-refractivity contribution in [3.8, 4) is 0 Å². The second-order valence-corrected chi connectivity index (χ2v) is 6.45. The van der Waals surface area contributed by atoms with Crippen molar-refractivity contribution < 1.29 is 4.74 Å². The first-order valence-electron chi connectivity index (χ1n) is 6.48. The van der Waals surface area contributed by atoms with Gasteiger partial charge in [0.15, 0.2) is 0 Å². The molecule has 1 aromatic rings. The van der Waals surface area contributed by atoms with Crippen LogP contribution in [0.15, 0.2) is 12.1 Å². The monoisotopic (exact) mass is 248 g/mol. The maximum atomic E-state index is 5.73. The molecule has 0 saturated carbocycles. The van der Waals surface area contributed by atoms with Crippen molar-refractivity contribution in [2.24, 2.45) is 5.84 Å². The van der Waals surface area contributed by atoms with Crippen molar-refractivity contribution in [1.29, 1.82) is 0 Å². The molecule has 0 aliphatic carbocycles. The molecule has 0 radical (unpaired) electrons. The van der Waals surface area contributed by atoms with E-state index in [-0.39, 0.29) is 11.0 Å². The van der Waals surface area contributed by atoms with Gasteiger partial charge in [0.05, 0.1) is 13.2 Å². The van der Waals surface area contributed by atoms with Gasteiger partial charge in [-0.15, -0.1) is 0 Å². The summed E-state index contributed by atoms with van der Waals surface area (Å²) in [5.41, 5.74) is 8.18. The fourth-order valence-corrected chi connectivity index (χ4v) is 2.76. The van der Waals surface area contributed by atoms with Crippen LogP contribution < -0.4 is 11.3 Å². The van der Waals surface area contributed by atoms with E-state index < -0.39 is 0 Å². The predicted octanol–water partition coefficient (Wildman–Crippen LogP) is 2.29. The fourth-order valence-electron chi connectivity index (χ4n) is 2.76. The molecule has 0 unspecified atom stereocenters. The van der Waals surface area contributed by atoms with Crippen LogP contribution in [-0.4, -0.2) is 13.2 Å². The van der Waals surface area contributed by atoms with E-state index in [2.05, 4.69) is 52.2 Å². The molecule has 1 fully saturated rings. The Morgan fingerprint density at radius 3 is 1.94 bits per heavy atom. The summed E-state index contributed by atoms with van der Waals surface area (Å²) in [5.74, 6) is 5.73. The second-order valence-electron chi connectivity index (χ2n) is 6.45. The Labute approximate surface area is 110 Å². The lowest BCUT2D eigenvalue weighted by atomic mass is 9.78. The largest absolute Gasteiger partial charge is 0.377 e. The Bertz CT molecular complexity index is 428. The first kappa shape index (κ1) is 13.5. The molecule has 18 heavy (non-hydrogen) atoms. The highest BCUT2D eigenvalue weighted by Gasteiger charge is 2.41. The first-order chi connectivity index (χ1) is 8.30. The molecule has 0 aromatic heterocycles. The highest BCUT2D eigenvalue weighted by atomic mass is 16.5. The number of hydrogen-bond acceptors (Lipinski definition) is 3. The molecule has 1 saturated heterocycles. The van der Waals surface area contributed by atoms with Gasteiger partial charge in [-0.1, -0.05) is 32.9 Å². The third-order valence-electron chi connectivity index (χ3n) is 3.85. The number of hydrazine groups is 1. The van der Waals surface area contributed by atoms with E-state index in [0.29, 0.717) is 13.2 Å². The van der Waals surface area contributed by atoms with E-state index in [1.165, 1.54) is 22.3 Å². The van der Waals surface area contributed by atoms with Crippen molar-refractivity contribution in [3.63, 3.8) is 0 Å². The van der Waals surface area contributed by atoms with Crippen LogP contribution in [0.3, 0.4) is 0 Å². The lowest BCUT2D eigenvalue weighted by Gasteiger charge is -2.43. The van der Waals surface area contributed by atoms with E-state index in [1.807, 2.05) is 0 Å². The fraction of sp³-hybridized carbons (Fsp3) is 0.600. The minimum Gasteiger partial charge on any atom is -0.377 e. The average molecular weight is 248 g/mol. The van der Waals surface area contributed by atoms with Gasteiger partial charge in [0.25, 0.3) is 0 Å². The molecule has 0 atom stereocenters. The summed E-state index contributed by atoms with van der Waals surface area (Å²) >= 11 is 0. The van der Waals surface area contributed by atoms with Gasteiger partial charge in [-0.2, -0.15) is 0 Å². The van der Waals surface area contributed by atoms with Crippen LogP contribution in [0, 0.1) is 13.8 Å². The molecule has 3 N–H and O–H groups in total. The quantitative estimate of drug-likeness (QED) is 0.623. The lowest BCUT2D eigenvalue weighted by molar-refractivity contribution is -0.0793. The molecule has 1 aromatic carbocycles. The van der Waals surface area contributed by atoms with E-state index in [9.17, 15) is 0 Å². The van der Waals surface area contributed by atoms with Gasteiger partial charge in [0, 0.05) is 0 Å². The number of hydrogen-bond donors (Lipinski definition) is 2. The van der Waals surface area contributed by atoms with E-state index in [1.54, 1.807) is 0 Å². The summed E-state index contributed by atoms with van der Waals surface area (Å²) < 4.78 is 5.35. The summed E-state index contributed by atoms with van der Waals surface area (Å²) in [6, 6.07) is 4.56. The number of benzene rings is 1. The Balaban J connectivity index is 2.51. The van der Waals surface area contributed by atoms with Crippen molar-refractivity contribution in [2.45, 2.75) is 45.6 Å². The van der Waals surface area contributed by atoms with Crippen LogP contribution in [0.5, 0.6) is 0 Å². The zero-order valence-corrected chi connectivity index (χ0v) is 12.1. The van der Waals surface area contributed by atoms with Crippen molar-refractivity contribution in [3.05, 3.63) is 34.4 Å². The van der Waals surface area contributed by atoms with Gasteiger partial charge in [0.1, 0.15) is 5.54 Å². The number of nitrogens with one attached hydrogen (secondary N) is 1. The molecule has 0 bridgehead atoms. The van der Waals surface area contributed by atoms with Gasteiger partial charge in [-0.05, 0) is 41.5 Å². The predicted molar refractivity (Wildman–Crippen MR) is 74.4 cm³/mol. The molecule has 3 heteroatoms. The molecule has 100 valence electrons. The second kappa shape index (κ2) is 4.34. The third-order valence-corrected chi connectivity index (χ3v) is 3.85. The zero-order chi connectivity index (χ0) is 13.6. The molecule has 1 aliphatic rings. The molecule has 3 nitrogen and oxygen atoms in total. The maximum Gasteiger partial charge on any atom is 0.104 e. The van der Waals surface area contributed by atoms with Gasteiger partial charge in [-0.25, -0.2) is 5.43 Å². The molecule has 2 rings (SSSR count). The summed E-state index contributed by atoms with van der Waals surface area (Å²) in [5, 5.41) is 0. The molecule has 1 aliphatic heterocycles. The highest BCUT2D eigenvalue weighted by molar-refractivity contribution is 5.45. The molecular weight excluding hydrogens is 224 g/mol. The molecule has 0 amide bonds. The summed E-state index contributed by atoms with van der Waals surface area (Å²) in [7, 11) is 0. The first-order valence-corrected chi connectivity index (χ1v) is 6.48. The summed E-state index contributed by atoms with van der Waals surface area (Å²) in [6.07, 6.45) is 0. The van der Waals surface area contributed by atoms with E-state index in [4.69, 9.17) is 10.6 Å². The van der Waals surface area contributed by atoms with Crippen molar-refractivity contribution in [2.75, 3.05) is 13.2 Å². The van der Waals surface area contributed by atoms with Crippen molar-refractivity contribution >= 4 is 0 Å². The SMILES string of the molecule is Cc1cc(C(C)(C)C)cc(C)c1C1(NN)COC1. The van der Waals surface area contributed by atoms with E-state index in [0.717, 1.165) is 0 Å². The van der Waals surface area contributed by atoms with Crippen LogP contribution in [0.1, 0.15) is 43.0 Å². The van der Waals surface area contributed by atoms with Gasteiger partial charge in [-0.3, -0.25) is 5.84 Å². The van der Waals surface area contributed by atoms with Crippen LogP contribution in [0.25, 0.3) is 0 Å². The molecule has 1 heterocycles. The number of ether oxygens (including phenoxy) is 1. The Kier molecular flexibility index (Phi) is 3.26. The standard InChI is InChI=1S/C15H24N2O/c1-10-6-12(14(3,4)5)7-11(2)13(10)15(17-16)8-18-9-15/h6-7,17H,8-9,16H2,1-5H3. The number of aryl methyl sites for hydroxylation is 2. The third kappa shape index (κ3) is 2.07. The summed E-state index contributed by atoms with van der Waals surface area (Å²) in [4.78, 5) is 0. The maximum absolute atomic E-state index is 5.73. The van der Waals surface area contributed by atoms with Gasteiger partial charge in [0.2, 0.25) is 0 Å². The van der Waals surface area contributed by atoms with E-state index >= 15 is 0 Å². The Morgan fingerprint density at radius 1 is 1.17 bits per heavy atom. The summed E-state index contributed by atoms with van der Waals surface area (Å²) in [6.45, 7) is 12.4. The average Bonchev–Trinajstić information content (AvgIpc) is 2.19. The van der Waals surface area contributed by atoms with Crippen LogP contribution in [0.2, 0.25) is 0 Å². The lowest BCUT2D eigenvalue weighted by Crippen LogP contribution is -2.60. The smallest absolute Gasteiger partial charge is 0.104 e. The Morgan fingerprint density at radius 2 is 1.67 bits per heavy atom. The normalized spacial score (nSPS) is 18.6. The van der Waals surface area contributed by atoms with Crippen LogP contribution in [0.4, 0.5) is 0 Å². The topological polar surface area (TPSA) is 47.3 Å².